The molecule has 0 spiro atoms. The van der Waals surface area contributed by atoms with Crippen LogP contribution in [0.1, 0.15) is 5.56 Å². The predicted molar refractivity (Wildman–Crippen MR) is 128 cm³/mol. The van der Waals surface area contributed by atoms with Gasteiger partial charge in [-0.1, -0.05) is 48.5 Å². The second kappa shape index (κ2) is 10.2. The van der Waals surface area contributed by atoms with E-state index < -0.39 is 0 Å². The quantitative estimate of drug-likeness (QED) is 0.560. The molecule has 31 heavy (non-hydrogen) atoms. The molecule has 2 heterocycles. The first-order valence-electron chi connectivity index (χ1n) is 10.1. The summed E-state index contributed by atoms with van der Waals surface area (Å²) in [6.45, 7) is 2.26. The molecule has 3 aromatic rings. The average molecular weight is 432 g/mol. The van der Waals surface area contributed by atoms with Crippen LogP contribution >= 0.6 is 11.8 Å². The second-order valence-electron chi connectivity index (χ2n) is 7.27. The molecule has 4 rings (SSSR count). The molecule has 0 atom stereocenters. The van der Waals surface area contributed by atoms with Crippen molar-refractivity contribution in [3.63, 3.8) is 0 Å². The van der Waals surface area contributed by atoms with Crippen LogP contribution in [-0.4, -0.2) is 59.4 Å². The molecular formula is C23H25N7S. The Hall–Kier alpha value is -3.23. The number of aromatic nitrogens is 3. The molecule has 1 aromatic heterocycles. The number of likely N-dealkylation sites (N-methyl/N-ethyl adjacent to an activating group) is 1. The summed E-state index contributed by atoms with van der Waals surface area (Å²) >= 11 is 1.50. The van der Waals surface area contributed by atoms with Gasteiger partial charge in [0.2, 0.25) is 11.9 Å². The van der Waals surface area contributed by atoms with Gasteiger partial charge in [-0.2, -0.15) is 15.0 Å². The van der Waals surface area contributed by atoms with E-state index in [0.717, 1.165) is 23.8 Å². The number of anilines is 2. The minimum absolute atomic E-state index is 0.477. The zero-order chi connectivity index (χ0) is 21.5. The van der Waals surface area contributed by atoms with Crippen molar-refractivity contribution >= 4 is 35.1 Å². The fourth-order valence-corrected chi connectivity index (χ4v) is 3.73. The fourth-order valence-electron chi connectivity index (χ4n) is 2.97. The van der Waals surface area contributed by atoms with Crippen molar-refractivity contribution in [2.45, 2.75) is 10.1 Å². The summed E-state index contributed by atoms with van der Waals surface area (Å²) in [4.78, 5) is 21.5. The van der Waals surface area contributed by atoms with Crippen molar-refractivity contribution in [3.05, 3.63) is 72.3 Å². The van der Waals surface area contributed by atoms with Crippen LogP contribution in [0.3, 0.4) is 0 Å². The fraction of sp³-hybridized carbons (Fsp3) is 0.217. The van der Waals surface area contributed by atoms with Gasteiger partial charge in [-0.3, -0.25) is 4.99 Å². The highest BCUT2D eigenvalue weighted by molar-refractivity contribution is 7.99. The third-order valence-electron chi connectivity index (χ3n) is 4.52. The zero-order valence-electron chi connectivity index (χ0n) is 17.6. The minimum atomic E-state index is 0.477. The average Bonchev–Trinajstić information content (AvgIpc) is 3.23. The van der Waals surface area contributed by atoms with E-state index >= 15 is 0 Å². The van der Waals surface area contributed by atoms with Crippen LogP contribution in [0.5, 0.6) is 0 Å². The summed E-state index contributed by atoms with van der Waals surface area (Å²) in [6.07, 6.45) is 2.04. The molecule has 2 aromatic carbocycles. The van der Waals surface area contributed by atoms with Gasteiger partial charge in [0.05, 0.1) is 6.54 Å². The highest BCUT2D eigenvalue weighted by Gasteiger charge is 2.13. The van der Waals surface area contributed by atoms with E-state index in [1.165, 1.54) is 22.9 Å². The summed E-state index contributed by atoms with van der Waals surface area (Å²) in [5.74, 6) is 1.77. The first-order chi connectivity index (χ1) is 15.2. The Morgan fingerprint density at radius 3 is 2.35 bits per heavy atom. The van der Waals surface area contributed by atoms with Crippen molar-refractivity contribution in [1.29, 1.82) is 0 Å². The molecule has 0 radical (unpaired) electrons. The van der Waals surface area contributed by atoms with Crippen molar-refractivity contribution in [2.24, 2.45) is 4.99 Å². The van der Waals surface area contributed by atoms with E-state index in [1.54, 1.807) is 0 Å². The normalized spacial score (nSPS) is 13.1. The lowest BCUT2D eigenvalue weighted by Gasteiger charge is -2.12. The lowest BCUT2D eigenvalue weighted by Crippen LogP contribution is -2.22. The van der Waals surface area contributed by atoms with Gasteiger partial charge in [-0.15, -0.1) is 0 Å². The number of benzene rings is 2. The molecule has 0 saturated carbocycles. The van der Waals surface area contributed by atoms with Gasteiger partial charge in [-0.25, -0.2) is 0 Å². The molecule has 1 aliphatic rings. The Bertz CT molecular complexity index is 1070. The van der Waals surface area contributed by atoms with Crippen molar-refractivity contribution in [3.8, 4) is 0 Å². The number of hydrogen-bond donors (Lipinski definition) is 2. The Morgan fingerprint density at radius 1 is 0.903 bits per heavy atom. The minimum Gasteiger partial charge on any atom is -0.353 e. The van der Waals surface area contributed by atoms with Crippen LogP contribution in [0.4, 0.5) is 11.9 Å². The van der Waals surface area contributed by atoms with Crippen molar-refractivity contribution in [2.75, 3.05) is 44.4 Å². The topological polar surface area (TPSA) is 78.3 Å². The monoisotopic (exact) mass is 431 g/mol. The summed E-state index contributed by atoms with van der Waals surface area (Å²) in [7, 11) is 4.07. The van der Waals surface area contributed by atoms with Crippen LogP contribution in [0.25, 0.3) is 5.57 Å². The lowest BCUT2D eigenvalue weighted by molar-refractivity contribution is 0.425. The molecule has 1 aliphatic heterocycles. The molecule has 0 unspecified atom stereocenters. The summed E-state index contributed by atoms with van der Waals surface area (Å²) in [5.41, 5.74) is 2.34. The maximum atomic E-state index is 4.60. The van der Waals surface area contributed by atoms with Crippen LogP contribution in [0, 0.1) is 0 Å². The number of nitrogens with zero attached hydrogens (tertiary/aromatic N) is 5. The van der Waals surface area contributed by atoms with Crippen molar-refractivity contribution < 1.29 is 0 Å². The Kier molecular flexibility index (Phi) is 6.91. The van der Waals surface area contributed by atoms with E-state index in [9.17, 15) is 0 Å². The Labute approximate surface area is 186 Å². The molecule has 0 aliphatic carbocycles. The van der Waals surface area contributed by atoms with E-state index in [-0.39, 0.29) is 0 Å². The molecule has 7 nitrogen and oxygen atoms in total. The predicted octanol–water partition coefficient (Wildman–Crippen LogP) is 3.90. The number of aliphatic imine (C=N–C) groups is 1. The van der Waals surface area contributed by atoms with E-state index in [2.05, 4.69) is 47.6 Å². The molecular weight excluding hydrogens is 406 g/mol. The number of rotatable bonds is 8. The van der Waals surface area contributed by atoms with Crippen LogP contribution in [0.15, 0.2) is 81.8 Å². The highest BCUT2D eigenvalue weighted by atomic mass is 32.2. The van der Waals surface area contributed by atoms with Gasteiger partial charge < -0.3 is 15.5 Å². The number of nitrogens with one attached hydrogen (secondary N) is 2. The molecule has 2 N–H and O–H groups in total. The number of hydrogen-bond acceptors (Lipinski definition) is 8. The summed E-state index contributed by atoms with van der Waals surface area (Å²) < 4.78 is 0. The summed E-state index contributed by atoms with van der Waals surface area (Å²) in [5, 5.41) is 7.17. The van der Waals surface area contributed by atoms with Crippen LogP contribution in [-0.2, 0) is 0 Å². The molecule has 158 valence electrons. The molecule has 0 amide bonds. The van der Waals surface area contributed by atoms with E-state index in [4.69, 9.17) is 0 Å². The van der Waals surface area contributed by atoms with Gasteiger partial charge >= 0.3 is 0 Å². The lowest BCUT2D eigenvalue weighted by atomic mass is 10.1. The smallest absolute Gasteiger partial charge is 0.234 e. The molecule has 8 heteroatoms. The van der Waals surface area contributed by atoms with Gasteiger partial charge in [0, 0.05) is 18.0 Å². The largest absolute Gasteiger partial charge is 0.353 e. The van der Waals surface area contributed by atoms with Gasteiger partial charge in [0.1, 0.15) is 5.84 Å². The maximum absolute atomic E-state index is 4.60. The van der Waals surface area contributed by atoms with Crippen molar-refractivity contribution in [1.82, 2.24) is 19.9 Å². The summed E-state index contributed by atoms with van der Waals surface area (Å²) in [6, 6.07) is 20.3. The SMILES string of the molecule is CN(C)CCNc1nc(NC2=NCC(c3ccccc3)=C2)nc(Sc2ccccc2)n1. The maximum Gasteiger partial charge on any atom is 0.234 e. The highest BCUT2D eigenvalue weighted by Crippen LogP contribution is 2.26. The van der Waals surface area contributed by atoms with Gasteiger partial charge in [-0.05, 0) is 55.2 Å². The molecule has 0 fully saturated rings. The Morgan fingerprint density at radius 2 is 1.61 bits per heavy atom. The van der Waals surface area contributed by atoms with Crippen LogP contribution in [0.2, 0.25) is 0 Å². The molecule has 0 saturated heterocycles. The van der Waals surface area contributed by atoms with E-state index in [1.807, 2.05) is 68.7 Å². The van der Waals surface area contributed by atoms with E-state index in [0.29, 0.717) is 23.6 Å². The molecule has 0 bridgehead atoms. The second-order valence-corrected chi connectivity index (χ2v) is 8.31. The van der Waals surface area contributed by atoms with Gasteiger partial charge in [0.25, 0.3) is 0 Å². The van der Waals surface area contributed by atoms with Crippen LogP contribution < -0.4 is 10.6 Å². The standard InChI is InChI=1S/C23H25N7S/c1-30(2)14-13-24-21-27-22(29-23(28-21)31-19-11-7-4-8-12-19)26-20-15-18(16-25-20)17-9-5-3-6-10-17/h3-12,15H,13-14,16H2,1-2H3,(H2,24,25,26,27,28,29). The van der Waals surface area contributed by atoms with Gasteiger partial charge in [0.15, 0.2) is 5.16 Å². The first kappa shape index (κ1) is 21.0. The number of amidine groups is 1. The Balaban J connectivity index is 1.52. The first-order valence-corrected chi connectivity index (χ1v) is 10.9. The third-order valence-corrected chi connectivity index (χ3v) is 5.40. The third kappa shape index (κ3) is 6.13. The zero-order valence-corrected chi connectivity index (χ0v) is 18.4.